The van der Waals surface area contributed by atoms with Crippen molar-refractivity contribution in [2.45, 2.75) is 0 Å². The molecule has 0 unspecified atom stereocenters. The fourth-order valence-corrected chi connectivity index (χ4v) is 1.09. The van der Waals surface area contributed by atoms with Crippen LogP contribution in [0.3, 0.4) is 0 Å². The van der Waals surface area contributed by atoms with Crippen LogP contribution in [0.2, 0.25) is 0 Å². The number of carbonyl (C=O) groups excluding carboxylic acids is 1. The Morgan fingerprint density at radius 3 is 3.09 bits per heavy atom. The summed E-state index contributed by atoms with van der Waals surface area (Å²) < 4.78 is 5.03. The standard InChI is InChI=1S/C8H6O3/c9-5-1-2-8-6(3-5)7(10)4-11-8/h1-3,9H,4H2/p+1. The van der Waals surface area contributed by atoms with Crippen LogP contribution in [0.25, 0.3) is 0 Å². The smallest absolute Gasteiger partial charge is 0.254 e. The van der Waals surface area contributed by atoms with Gasteiger partial charge in [-0.3, -0.25) is 4.79 Å². The molecule has 1 aliphatic heterocycles. The van der Waals surface area contributed by atoms with Crippen molar-refractivity contribution in [1.82, 2.24) is 0 Å². The molecular formula is C8H7O3+. The minimum absolute atomic E-state index is 0.0332. The molecule has 3 nitrogen and oxygen atoms in total. The van der Waals surface area contributed by atoms with E-state index in [1.54, 1.807) is 12.1 Å². The zero-order chi connectivity index (χ0) is 7.84. The highest BCUT2D eigenvalue weighted by Crippen LogP contribution is 2.27. The van der Waals surface area contributed by atoms with Crippen molar-refractivity contribution < 1.29 is 14.6 Å². The Bertz CT molecular complexity index is 317. The Hall–Kier alpha value is -1.51. The molecule has 1 aliphatic rings. The van der Waals surface area contributed by atoms with E-state index < -0.39 is 0 Å². The predicted octanol–water partition coefficient (Wildman–Crippen LogP) is 0.700. The predicted molar refractivity (Wildman–Crippen MR) is 39.3 cm³/mol. The highest BCUT2D eigenvalue weighted by atomic mass is 16.5. The highest BCUT2D eigenvalue weighted by Gasteiger charge is 2.21. The van der Waals surface area contributed by atoms with Crippen molar-refractivity contribution >= 4 is 5.78 Å². The third-order valence-corrected chi connectivity index (χ3v) is 1.64. The van der Waals surface area contributed by atoms with Gasteiger partial charge in [0.15, 0.2) is 6.61 Å². The van der Waals surface area contributed by atoms with Crippen LogP contribution in [-0.2, 0) is 0 Å². The average Bonchev–Trinajstić information content (AvgIpc) is 2.33. The van der Waals surface area contributed by atoms with E-state index in [2.05, 4.69) is 0 Å². The molecule has 0 radical (unpaired) electrons. The second kappa shape index (κ2) is 1.99. The molecule has 0 aromatic heterocycles. The summed E-state index contributed by atoms with van der Waals surface area (Å²) in [5, 5.41) is 7.25. The largest absolute Gasteiger partial charge is 0.593 e. The first kappa shape index (κ1) is 6.22. The van der Waals surface area contributed by atoms with Crippen molar-refractivity contribution in [3.05, 3.63) is 23.8 Å². The van der Waals surface area contributed by atoms with E-state index in [1.165, 1.54) is 6.07 Å². The van der Waals surface area contributed by atoms with E-state index in [1.807, 2.05) is 0 Å². The zero-order valence-electron chi connectivity index (χ0n) is 5.76. The van der Waals surface area contributed by atoms with Crippen molar-refractivity contribution in [3.63, 3.8) is 0 Å². The van der Waals surface area contributed by atoms with Gasteiger partial charge in [0.05, 0.1) is 5.56 Å². The number of rotatable bonds is 0. The van der Waals surface area contributed by atoms with Crippen LogP contribution in [0.1, 0.15) is 10.4 Å². The molecule has 1 heterocycles. The van der Waals surface area contributed by atoms with Crippen molar-refractivity contribution in [3.8, 4) is 11.5 Å². The molecule has 0 amide bonds. The minimum atomic E-state index is -0.0332. The van der Waals surface area contributed by atoms with Crippen LogP contribution in [0, 0.1) is 0 Å². The van der Waals surface area contributed by atoms with Gasteiger partial charge < -0.3 is 9.84 Å². The third kappa shape index (κ3) is 0.852. The normalized spacial score (nSPS) is 14.4. The summed E-state index contributed by atoms with van der Waals surface area (Å²) in [7, 11) is 0. The Labute approximate surface area is 63.2 Å². The van der Waals surface area contributed by atoms with Gasteiger partial charge in [0, 0.05) is 12.1 Å². The summed E-state index contributed by atoms with van der Waals surface area (Å²) >= 11 is 0. The fraction of sp³-hybridized carbons (Fsp3) is 0.125. The second-order valence-corrected chi connectivity index (χ2v) is 2.42. The quantitative estimate of drug-likeness (QED) is 0.512. The molecule has 1 aromatic rings. The van der Waals surface area contributed by atoms with Gasteiger partial charge in [-0.05, 0) is 6.07 Å². The van der Waals surface area contributed by atoms with Crippen LogP contribution >= 0.6 is 0 Å². The lowest BCUT2D eigenvalue weighted by Crippen LogP contribution is -1.98. The van der Waals surface area contributed by atoms with Gasteiger partial charge in [-0.15, -0.1) is 0 Å². The summed E-state index contributed by atoms with van der Waals surface area (Å²) in [6, 6.07) is 4.80. The monoisotopic (exact) mass is 151 g/mol. The molecule has 0 bridgehead atoms. The van der Waals surface area contributed by atoms with Crippen LogP contribution in [0.5, 0.6) is 11.5 Å². The highest BCUT2D eigenvalue weighted by molar-refractivity contribution is 6.02. The number of hydrogen-bond donors (Lipinski definition) is 0. The van der Waals surface area contributed by atoms with Crippen LogP contribution in [0.4, 0.5) is 0 Å². The van der Waals surface area contributed by atoms with Crippen molar-refractivity contribution in [2.24, 2.45) is 0 Å². The van der Waals surface area contributed by atoms with Crippen molar-refractivity contribution in [1.29, 1.82) is 0 Å². The van der Waals surface area contributed by atoms with Gasteiger partial charge in [0.1, 0.15) is 5.75 Å². The topological polar surface area (TPSA) is 49.2 Å². The molecule has 56 valence electrons. The van der Waals surface area contributed by atoms with E-state index in [-0.39, 0.29) is 12.4 Å². The average molecular weight is 151 g/mol. The molecule has 11 heavy (non-hydrogen) atoms. The molecule has 1 aromatic carbocycles. The van der Waals surface area contributed by atoms with E-state index in [0.29, 0.717) is 17.1 Å². The number of benzene rings is 1. The maximum absolute atomic E-state index is 11.0. The lowest BCUT2D eigenvalue weighted by atomic mass is 10.1. The molecule has 0 atom stereocenters. The number of ketones is 1. The van der Waals surface area contributed by atoms with Crippen molar-refractivity contribution in [2.75, 3.05) is 6.61 Å². The maximum atomic E-state index is 11.0. The van der Waals surface area contributed by atoms with Gasteiger partial charge in [0.2, 0.25) is 5.78 Å². The van der Waals surface area contributed by atoms with Crippen LogP contribution < -0.4 is 4.74 Å². The first-order chi connectivity index (χ1) is 5.27. The summed E-state index contributed by atoms with van der Waals surface area (Å²) in [5.74, 6) is 0.919. The first-order valence-corrected chi connectivity index (χ1v) is 3.29. The van der Waals surface area contributed by atoms with E-state index in [9.17, 15) is 4.79 Å². The van der Waals surface area contributed by atoms with Gasteiger partial charge in [-0.1, -0.05) is 0 Å². The van der Waals surface area contributed by atoms with E-state index >= 15 is 0 Å². The third-order valence-electron chi connectivity index (χ3n) is 1.64. The molecule has 2 N–H and O–H groups in total. The number of carbonyl (C=O) groups is 1. The second-order valence-electron chi connectivity index (χ2n) is 2.42. The lowest BCUT2D eigenvalue weighted by molar-refractivity contribution is 0.0961. The maximum Gasteiger partial charge on any atom is 0.254 e. The number of hydrogen-bond acceptors (Lipinski definition) is 2. The summed E-state index contributed by atoms with van der Waals surface area (Å²) in [5.41, 5.74) is 0.539. The van der Waals surface area contributed by atoms with E-state index in [0.717, 1.165) is 0 Å². The lowest BCUT2D eigenvalue weighted by Gasteiger charge is -1.93. The minimum Gasteiger partial charge on any atom is -0.593 e. The van der Waals surface area contributed by atoms with E-state index in [4.69, 9.17) is 9.84 Å². The van der Waals surface area contributed by atoms with Crippen LogP contribution in [-0.4, -0.2) is 17.5 Å². The van der Waals surface area contributed by atoms with Gasteiger partial charge >= 0.3 is 0 Å². The first-order valence-electron chi connectivity index (χ1n) is 3.29. The van der Waals surface area contributed by atoms with Gasteiger partial charge in [-0.2, -0.15) is 0 Å². The fourth-order valence-electron chi connectivity index (χ4n) is 1.09. The molecule has 0 spiro atoms. The molecular weight excluding hydrogens is 144 g/mol. The summed E-state index contributed by atoms with van der Waals surface area (Å²) in [6.45, 7) is 0.124. The molecule has 3 heteroatoms. The Morgan fingerprint density at radius 2 is 2.27 bits per heavy atom. The molecule has 0 aliphatic carbocycles. The van der Waals surface area contributed by atoms with Crippen LogP contribution in [0.15, 0.2) is 18.2 Å². The SMILES string of the molecule is O=C1COc2ccc([OH2+])cc21. The Morgan fingerprint density at radius 1 is 1.45 bits per heavy atom. The summed E-state index contributed by atoms with van der Waals surface area (Å²) in [6.07, 6.45) is 0. The Balaban J connectivity index is 2.60. The summed E-state index contributed by atoms with van der Waals surface area (Å²) in [4.78, 5) is 11.0. The number of ether oxygens (including phenoxy) is 1. The molecule has 0 saturated carbocycles. The molecule has 0 fully saturated rings. The molecule has 0 saturated heterocycles. The number of Topliss-reactive ketones (excluding diaryl/α,β-unsaturated/α-hetero) is 1. The van der Waals surface area contributed by atoms with Gasteiger partial charge in [0.25, 0.3) is 5.75 Å². The zero-order valence-corrected chi connectivity index (χ0v) is 5.76. The molecule has 2 rings (SSSR count). The van der Waals surface area contributed by atoms with Gasteiger partial charge in [-0.25, -0.2) is 0 Å². The Kier molecular flexibility index (Phi) is 1.12. The number of fused-ring (bicyclic) bond motifs is 1.